The average Bonchev–Trinajstić information content (AvgIpc) is 3.33. The van der Waals surface area contributed by atoms with Gasteiger partial charge in [0.1, 0.15) is 28.4 Å². The zero-order valence-electron chi connectivity index (χ0n) is 15.0. The molecule has 0 radical (unpaired) electrons. The molecule has 0 fully saturated rings. The van der Waals surface area contributed by atoms with Gasteiger partial charge in [-0.3, -0.25) is 9.79 Å². The summed E-state index contributed by atoms with van der Waals surface area (Å²) in [5, 5.41) is 19.9. The lowest BCUT2D eigenvalue weighted by Gasteiger charge is -2.07. The van der Waals surface area contributed by atoms with E-state index in [-0.39, 0.29) is 11.8 Å². The quantitative estimate of drug-likeness (QED) is 0.602. The van der Waals surface area contributed by atoms with Gasteiger partial charge in [-0.25, -0.2) is 4.98 Å². The molecule has 0 saturated heterocycles. The first-order chi connectivity index (χ1) is 13.5. The van der Waals surface area contributed by atoms with Crippen molar-refractivity contribution in [3.8, 4) is 5.75 Å². The van der Waals surface area contributed by atoms with Gasteiger partial charge in [-0.15, -0.1) is 23.1 Å². The molecule has 142 valence electrons. The summed E-state index contributed by atoms with van der Waals surface area (Å²) in [5.41, 5.74) is 2.26. The highest BCUT2D eigenvalue weighted by Crippen LogP contribution is 2.31. The van der Waals surface area contributed by atoms with Crippen LogP contribution in [-0.2, 0) is 11.4 Å². The summed E-state index contributed by atoms with van der Waals surface area (Å²) >= 11 is 3.11. The summed E-state index contributed by atoms with van der Waals surface area (Å²) in [6, 6.07) is 12.4. The number of Topliss-reactive ketones (excluding diaryl/α,β-unsaturated/α-hetero) is 1. The molecule has 6 nitrogen and oxygen atoms in total. The predicted octanol–water partition coefficient (Wildman–Crippen LogP) is 2.01. The fourth-order valence-corrected chi connectivity index (χ4v) is 4.92. The molecule has 0 bridgehead atoms. The lowest BCUT2D eigenvalue weighted by molar-refractivity contribution is -0.117. The fourth-order valence-electron chi connectivity index (χ4n) is 2.74. The van der Waals surface area contributed by atoms with Crippen molar-refractivity contribution in [2.45, 2.75) is 19.6 Å². The normalized spacial score (nSPS) is 16.2. The van der Waals surface area contributed by atoms with Crippen molar-refractivity contribution < 1.29 is 19.6 Å². The number of fused-ring (bicyclic) bond motifs is 1. The van der Waals surface area contributed by atoms with Crippen LogP contribution in [0, 0.1) is 0 Å². The van der Waals surface area contributed by atoms with Crippen molar-refractivity contribution in [3.05, 3.63) is 53.0 Å². The maximum Gasteiger partial charge on any atom is 0.488 e. The minimum Gasteiger partial charge on any atom is -0.489 e. The van der Waals surface area contributed by atoms with Crippen LogP contribution in [0.25, 0.3) is 10.2 Å². The van der Waals surface area contributed by atoms with E-state index in [0.29, 0.717) is 17.8 Å². The van der Waals surface area contributed by atoms with Gasteiger partial charge >= 0.3 is 7.12 Å². The van der Waals surface area contributed by atoms with Crippen LogP contribution in [0.3, 0.4) is 0 Å². The van der Waals surface area contributed by atoms with E-state index in [1.807, 2.05) is 18.2 Å². The summed E-state index contributed by atoms with van der Waals surface area (Å²) in [6.45, 7) is 1.95. The van der Waals surface area contributed by atoms with Crippen molar-refractivity contribution in [2.24, 2.45) is 4.99 Å². The fraction of sp³-hybridized carbons (Fsp3) is 0.211. The number of thiazole rings is 1. The van der Waals surface area contributed by atoms with Gasteiger partial charge in [0.25, 0.3) is 0 Å². The first-order valence-electron chi connectivity index (χ1n) is 8.69. The van der Waals surface area contributed by atoms with Gasteiger partial charge in [0.05, 0.1) is 10.2 Å². The van der Waals surface area contributed by atoms with Gasteiger partial charge < -0.3 is 14.8 Å². The number of ketones is 1. The molecule has 2 heterocycles. The Kier molecular flexibility index (Phi) is 5.50. The molecular weight excluding hydrogens is 395 g/mol. The molecule has 0 saturated carbocycles. The summed E-state index contributed by atoms with van der Waals surface area (Å²) in [5.74, 6) is 1.50. The van der Waals surface area contributed by atoms with Gasteiger partial charge in [-0.1, -0.05) is 24.3 Å². The van der Waals surface area contributed by atoms with E-state index in [1.54, 1.807) is 43.0 Å². The highest BCUT2D eigenvalue weighted by Gasteiger charge is 2.24. The Labute approximate surface area is 170 Å². The zero-order valence-corrected chi connectivity index (χ0v) is 16.7. The minimum atomic E-state index is -1.47. The van der Waals surface area contributed by atoms with Crippen molar-refractivity contribution in [1.82, 2.24) is 4.98 Å². The smallest absolute Gasteiger partial charge is 0.488 e. The lowest BCUT2D eigenvalue weighted by Crippen LogP contribution is -2.29. The third kappa shape index (κ3) is 4.12. The summed E-state index contributed by atoms with van der Waals surface area (Å²) in [4.78, 5) is 20.6. The lowest BCUT2D eigenvalue weighted by atomic mass is 9.80. The molecule has 1 atom stereocenters. The Morgan fingerprint density at radius 3 is 2.71 bits per heavy atom. The number of hydrogen-bond donors (Lipinski definition) is 2. The molecule has 2 N–H and O–H groups in total. The number of ether oxygens (including phenoxy) is 1. The minimum absolute atomic E-state index is 0.0841. The number of carbonyl (C=O) groups excluding carboxylic acids is 1. The molecule has 1 aliphatic rings. The SMILES string of the molecule is CC(=O)[C@H]1CSC(c2nc3ccc(OCc4ccc(B(O)O)cc4)cc3s2)=N1. The maximum absolute atomic E-state index is 11.5. The van der Waals surface area contributed by atoms with E-state index in [4.69, 9.17) is 14.8 Å². The van der Waals surface area contributed by atoms with Crippen LogP contribution in [0.2, 0.25) is 0 Å². The van der Waals surface area contributed by atoms with Crippen LogP contribution in [0.1, 0.15) is 17.5 Å². The molecule has 3 aromatic rings. The first-order valence-corrected chi connectivity index (χ1v) is 10.5. The molecule has 1 aliphatic heterocycles. The largest absolute Gasteiger partial charge is 0.489 e. The van der Waals surface area contributed by atoms with Crippen LogP contribution in [0.5, 0.6) is 5.75 Å². The molecule has 0 amide bonds. The van der Waals surface area contributed by atoms with Gasteiger partial charge in [-0.2, -0.15) is 0 Å². The Bertz CT molecular complexity index is 1050. The summed E-state index contributed by atoms with van der Waals surface area (Å²) in [7, 11) is -1.47. The number of thioether (sulfide) groups is 1. The summed E-state index contributed by atoms with van der Waals surface area (Å²) < 4.78 is 6.86. The molecule has 4 rings (SSSR count). The third-order valence-corrected chi connectivity index (χ3v) is 6.56. The highest BCUT2D eigenvalue weighted by molar-refractivity contribution is 8.15. The molecular formula is C19H17BN2O4S2. The zero-order chi connectivity index (χ0) is 19.7. The van der Waals surface area contributed by atoms with E-state index in [9.17, 15) is 4.79 Å². The molecule has 0 unspecified atom stereocenters. The Morgan fingerprint density at radius 1 is 1.25 bits per heavy atom. The Balaban J connectivity index is 1.47. The van der Waals surface area contributed by atoms with Gasteiger partial charge in [0.15, 0.2) is 5.78 Å². The van der Waals surface area contributed by atoms with Gasteiger partial charge in [-0.05, 0) is 36.1 Å². The van der Waals surface area contributed by atoms with Crippen molar-refractivity contribution >= 4 is 56.7 Å². The molecule has 28 heavy (non-hydrogen) atoms. The highest BCUT2D eigenvalue weighted by atomic mass is 32.2. The van der Waals surface area contributed by atoms with Crippen molar-refractivity contribution in [2.75, 3.05) is 5.75 Å². The third-order valence-electron chi connectivity index (χ3n) is 4.35. The van der Waals surface area contributed by atoms with Crippen LogP contribution >= 0.6 is 23.1 Å². The van der Waals surface area contributed by atoms with E-state index in [1.165, 1.54) is 11.3 Å². The molecule has 1 aromatic heterocycles. The van der Waals surface area contributed by atoms with E-state index >= 15 is 0 Å². The second-order valence-electron chi connectivity index (χ2n) is 6.42. The number of hydrogen-bond acceptors (Lipinski definition) is 8. The van der Waals surface area contributed by atoms with E-state index in [0.717, 1.165) is 31.6 Å². The second-order valence-corrected chi connectivity index (χ2v) is 8.46. The van der Waals surface area contributed by atoms with Gasteiger partial charge in [0.2, 0.25) is 0 Å². The topological polar surface area (TPSA) is 92.0 Å². The maximum atomic E-state index is 11.5. The van der Waals surface area contributed by atoms with Crippen molar-refractivity contribution in [3.63, 3.8) is 0 Å². The molecule has 0 spiro atoms. The first kappa shape index (κ1) is 19.1. The summed E-state index contributed by atoms with van der Waals surface area (Å²) in [6.07, 6.45) is 0. The van der Waals surface area contributed by atoms with E-state index < -0.39 is 7.12 Å². The molecule has 0 aliphatic carbocycles. The number of aliphatic imine (C=N–C) groups is 1. The number of carbonyl (C=O) groups is 1. The standard InChI is InChI=1S/C19H17BN2O4S2/c1-11(23)16-10-27-18(22-16)19-21-15-7-6-14(8-17(15)28-19)26-9-12-2-4-13(5-3-12)20(24)25/h2-8,16,24-25H,9-10H2,1H3/t16-/m1/s1. The number of aromatic nitrogens is 1. The van der Waals surface area contributed by atoms with Crippen LogP contribution < -0.4 is 10.2 Å². The average molecular weight is 412 g/mol. The van der Waals surface area contributed by atoms with Crippen LogP contribution in [-0.4, -0.2) is 44.8 Å². The van der Waals surface area contributed by atoms with Crippen molar-refractivity contribution in [1.29, 1.82) is 0 Å². The number of nitrogens with zero attached hydrogens (tertiary/aromatic N) is 2. The molecule has 9 heteroatoms. The number of benzene rings is 2. The van der Waals surface area contributed by atoms with Crippen LogP contribution in [0.4, 0.5) is 0 Å². The monoisotopic (exact) mass is 412 g/mol. The predicted molar refractivity (Wildman–Crippen MR) is 114 cm³/mol. The Hall–Kier alpha value is -2.20. The van der Waals surface area contributed by atoms with Crippen LogP contribution in [0.15, 0.2) is 47.5 Å². The number of rotatable bonds is 6. The Morgan fingerprint density at radius 2 is 2.04 bits per heavy atom. The van der Waals surface area contributed by atoms with Gasteiger partial charge in [0, 0.05) is 5.75 Å². The van der Waals surface area contributed by atoms with E-state index in [2.05, 4.69) is 9.98 Å². The molecule has 2 aromatic carbocycles. The second kappa shape index (κ2) is 8.04.